The number of ether oxygens (including phenoxy) is 9. The maximum Gasteiger partial charge on any atom is 0.309 e. The van der Waals surface area contributed by atoms with Crippen LogP contribution in [0.25, 0.3) is 0 Å². The van der Waals surface area contributed by atoms with Gasteiger partial charge in [0.05, 0.1) is 42.9 Å². The molecule has 0 radical (unpaired) electrons. The van der Waals surface area contributed by atoms with Crippen molar-refractivity contribution in [1.82, 2.24) is 9.80 Å². The van der Waals surface area contributed by atoms with Crippen molar-refractivity contribution in [2.45, 2.75) is 211 Å². The SMILES string of the molecule is CCC(=O)O[C@@H]1CC(=O)O[C@H](C)C[C@H](O)[C@H](N(C)CCCc2ccccc2)/C=C/[C@H](OC(C)=O)[C@H](C)C[C@H](CC=O)[C@H](O[C@@H]2O[C@H](C)[C@@H](O[C@H]3C[C@@](C)(O)[C@@H](OC(=O)CC)[C@H](C)O3)[C@H](N(C)C)[C@H]2O)[C@H]1OC. The Labute approximate surface area is 426 Å². The lowest BCUT2D eigenvalue weighted by atomic mass is 9.82. The highest BCUT2D eigenvalue weighted by Crippen LogP contribution is 2.38. The number of likely N-dealkylation sites (N-methyl/N-ethyl adjacent to an activating group) is 2. The van der Waals surface area contributed by atoms with Gasteiger partial charge in [-0.2, -0.15) is 0 Å². The van der Waals surface area contributed by atoms with E-state index in [0.29, 0.717) is 12.8 Å². The molecule has 0 aromatic heterocycles. The van der Waals surface area contributed by atoms with E-state index in [4.69, 9.17) is 42.6 Å². The van der Waals surface area contributed by atoms with Crippen molar-refractivity contribution in [3.05, 3.63) is 48.0 Å². The largest absolute Gasteiger partial charge is 0.462 e. The van der Waals surface area contributed by atoms with E-state index in [9.17, 15) is 39.3 Å². The second kappa shape index (κ2) is 28.7. The lowest BCUT2D eigenvalue weighted by Crippen LogP contribution is -2.66. The highest BCUT2D eigenvalue weighted by Gasteiger charge is 2.53. The highest BCUT2D eigenvalue weighted by atomic mass is 16.7. The number of benzene rings is 1. The van der Waals surface area contributed by atoms with Gasteiger partial charge in [0.1, 0.15) is 48.5 Å². The number of carbonyl (C=O) groups excluding carboxylic acids is 5. The topological polar surface area (TPSA) is 236 Å². The summed E-state index contributed by atoms with van der Waals surface area (Å²) in [6.07, 6.45) is -8.57. The van der Waals surface area contributed by atoms with E-state index in [1.165, 1.54) is 19.6 Å². The Hall–Kier alpha value is -3.89. The van der Waals surface area contributed by atoms with E-state index in [0.717, 1.165) is 12.8 Å². The summed E-state index contributed by atoms with van der Waals surface area (Å²) in [5.74, 6) is -3.78. The first-order chi connectivity index (χ1) is 34.0. The van der Waals surface area contributed by atoms with Crippen molar-refractivity contribution in [2.24, 2.45) is 11.8 Å². The Balaban J connectivity index is 1.74. The molecule has 72 heavy (non-hydrogen) atoms. The summed E-state index contributed by atoms with van der Waals surface area (Å²) in [5, 5.41) is 35.6. The van der Waals surface area contributed by atoms with Gasteiger partial charge < -0.3 is 67.6 Å². The zero-order chi connectivity index (χ0) is 53.4. The fraction of sp³-hybridized carbons (Fsp3) is 0.755. The zero-order valence-corrected chi connectivity index (χ0v) is 44.5. The minimum absolute atomic E-state index is 0.0325. The van der Waals surface area contributed by atoms with Crippen molar-refractivity contribution in [2.75, 3.05) is 34.8 Å². The molecular weight excluding hydrogens is 937 g/mol. The lowest BCUT2D eigenvalue weighted by Gasteiger charge is -2.50. The van der Waals surface area contributed by atoms with Gasteiger partial charge in [0, 0.05) is 46.1 Å². The van der Waals surface area contributed by atoms with Crippen LogP contribution in [0.15, 0.2) is 42.5 Å². The van der Waals surface area contributed by atoms with Crippen LogP contribution in [-0.2, 0) is 73.0 Å². The molecule has 0 aliphatic carbocycles. The molecule has 3 heterocycles. The molecule has 19 heteroatoms. The normalized spacial score (nSPS) is 36.8. The Morgan fingerprint density at radius 1 is 0.875 bits per heavy atom. The first-order valence-corrected chi connectivity index (χ1v) is 25.5. The molecule has 408 valence electrons. The Morgan fingerprint density at radius 2 is 1.54 bits per heavy atom. The molecule has 0 amide bonds. The third-order valence-electron chi connectivity index (χ3n) is 13.9. The van der Waals surface area contributed by atoms with Gasteiger partial charge in [-0.05, 0) is 98.1 Å². The van der Waals surface area contributed by atoms with Crippen LogP contribution in [0.5, 0.6) is 0 Å². The second-order valence-corrected chi connectivity index (χ2v) is 20.2. The van der Waals surface area contributed by atoms with Crippen LogP contribution >= 0.6 is 0 Å². The van der Waals surface area contributed by atoms with Gasteiger partial charge in [-0.3, -0.25) is 24.1 Å². The van der Waals surface area contributed by atoms with Gasteiger partial charge in [0.2, 0.25) is 0 Å². The van der Waals surface area contributed by atoms with Gasteiger partial charge >= 0.3 is 23.9 Å². The third kappa shape index (κ3) is 17.3. The number of hydrogen-bond acceptors (Lipinski definition) is 19. The van der Waals surface area contributed by atoms with E-state index >= 15 is 0 Å². The van der Waals surface area contributed by atoms with Gasteiger partial charge in [0.15, 0.2) is 18.7 Å². The number of carbonyl (C=O) groups is 5. The minimum atomic E-state index is -1.53. The monoisotopic (exact) mass is 1020 g/mol. The molecule has 0 bridgehead atoms. The third-order valence-corrected chi connectivity index (χ3v) is 13.9. The number of aldehydes is 1. The molecular formula is C53H84N2O17. The van der Waals surface area contributed by atoms with Crippen molar-refractivity contribution >= 4 is 30.2 Å². The van der Waals surface area contributed by atoms with Crippen LogP contribution in [0.1, 0.15) is 112 Å². The van der Waals surface area contributed by atoms with Crippen LogP contribution < -0.4 is 0 Å². The molecule has 1 aromatic rings. The number of cyclic esters (lactones) is 1. The smallest absolute Gasteiger partial charge is 0.309 e. The summed E-state index contributed by atoms with van der Waals surface area (Å²) < 4.78 is 55.4. The number of nitrogens with zero attached hydrogens (tertiary/aromatic N) is 2. The molecule has 3 N–H and O–H groups in total. The van der Waals surface area contributed by atoms with Crippen LogP contribution in [0.2, 0.25) is 0 Å². The summed E-state index contributed by atoms with van der Waals surface area (Å²) in [6.45, 7) is 13.6. The molecule has 3 aliphatic rings. The highest BCUT2D eigenvalue weighted by molar-refractivity contribution is 5.73. The second-order valence-electron chi connectivity index (χ2n) is 20.2. The summed E-state index contributed by atoms with van der Waals surface area (Å²) in [4.78, 5) is 68.6. The summed E-state index contributed by atoms with van der Waals surface area (Å²) in [6, 6.07) is 8.61. The van der Waals surface area contributed by atoms with Crippen LogP contribution in [0, 0.1) is 11.8 Å². The van der Waals surface area contributed by atoms with E-state index < -0.39 is 140 Å². The van der Waals surface area contributed by atoms with Crippen LogP contribution in [0.3, 0.4) is 0 Å². The number of esters is 4. The average Bonchev–Trinajstić information content (AvgIpc) is 3.30. The Kier molecular flexibility index (Phi) is 24.2. The molecule has 0 saturated carbocycles. The van der Waals surface area contributed by atoms with Crippen molar-refractivity contribution in [1.29, 1.82) is 0 Å². The van der Waals surface area contributed by atoms with Gasteiger partial charge in [0.25, 0.3) is 0 Å². The summed E-state index contributed by atoms with van der Waals surface area (Å²) in [5.41, 5.74) is -0.351. The Morgan fingerprint density at radius 3 is 2.14 bits per heavy atom. The van der Waals surface area contributed by atoms with Gasteiger partial charge in [-0.15, -0.1) is 0 Å². The van der Waals surface area contributed by atoms with E-state index in [1.807, 2.05) is 37.1 Å². The molecule has 2 fully saturated rings. The molecule has 19 nitrogen and oxygen atoms in total. The zero-order valence-electron chi connectivity index (χ0n) is 44.5. The van der Waals surface area contributed by atoms with Crippen LogP contribution in [0.4, 0.5) is 0 Å². The standard InChI is InChI=1S/C53H84N2O17/c1-13-42(59)69-41-29-44(61)65-32(4)28-39(58)38(55(11)25-18-21-36-19-16-15-17-20-36)22-23-40(68-35(7)57)31(3)27-37(24-26-56)49(50(41)64-12)72-52-47(62)46(54(9)10)48(33(5)67-52)71-45-30-53(8,63)51(34(6)66-45)70-43(60)14-2/h15-17,19-20,22-23,26,31-34,37-41,45-52,58,62-63H,13-14,18,21,24-25,27-30H2,1-12H3/b23-22+/t31-,32-,33-,34+,37+,38-,39+,40+,41-,45+,46-,47-,48-,49+,50+,51+,52+,53-/m1/s1. The van der Waals surface area contributed by atoms with Crippen molar-refractivity contribution in [3.63, 3.8) is 0 Å². The molecule has 4 rings (SSSR count). The van der Waals surface area contributed by atoms with Gasteiger partial charge in [-0.25, -0.2) is 0 Å². The summed E-state index contributed by atoms with van der Waals surface area (Å²) >= 11 is 0. The number of aliphatic hydroxyl groups excluding tert-OH is 2. The fourth-order valence-corrected chi connectivity index (χ4v) is 10.2. The van der Waals surface area contributed by atoms with Crippen LogP contribution in [-0.4, -0.2) is 187 Å². The number of aliphatic hydroxyl groups is 3. The molecule has 0 spiro atoms. The van der Waals surface area contributed by atoms with Gasteiger partial charge in [-0.1, -0.05) is 57.2 Å². The molecule has 18 atom stereocenters. The first-order valence-electron chi connectivity index (χ1n) is 25.5. The van der Waals surface area contributed by atoms with E-state index in [2.05, 4.69) is 12.1 Å². The molecule has 2 saturated heterocycles. The fourth-order valence-electron chi connectivity index (χ4n) is 10.2. The van der Waals surface area contributed by atoms with E-state index in [-0.39, 0.29) is 38.5 Å². The average molecular weight is 1020 g/mol. The number of aryl methyl sites for hydroxylation is 1. The number of hydrogen-bond donors (Lipinski definition) is 3. The molecule has 1 aromatic carbocycles. The first kappa shape index (κ1) is 60.7. The number of rotatable bonds is 18. The van der Waals surface area contributed by atoms with Crippen molar-refractivity contribution in [3.8, 4) is 0 Å². The molecule has 3 aliphatic heterocycles. The Bertz CT molecular complexity index is 1890. The number of methoxy groups -OCH3 is 1. The predicted molar refractivity (Wildman–Crippen MR) is 263 cm³/mol. The summed E-state index contributed by atoms with van der Waals surface area (Å²) in [7, 11) is 6.71. The lowest BCUT2D eigenvalue weighted by molar-refractivity contribution is -0.344. The maximum absolute atomic E-state index is 13.9. The van der Waals surface area contributed by atoms with E-state index in [1.54, 1.807) is 72.7 Å². The molecule has 0 unspecified atom stereocenters. The predicted octanol–water partition coefficient (Wildman–Crippen LogP) is 4.08. The minimum Gasteiger partial charge on any atom is -0.462 e. The van der Waals surface area contributed by atoms with Crippen molar-refractivity contribution < 1.29 is 81.9 Å². The maximum atomic E-state index is 13.9. The quantitative estimate of drug-likeness (QED) is 0.0813.